The molecule has 134 valence electrons. The lowest BCUT2D eigenvalue weighted by Crippen LogP contribution is -2.32. The first-order chi connectivity index (χ1) is 12.1. The molecule has 7 nitrogen and oxygen atoms in total. The number of anilines is 1. The number of hydrogen-bond acceptors (Lipinski definition) is 6. The molecule has 0 bridgehead atoms. The Kier molecular flexibility index (Phi) is 5.47. The molecular weight excluding hydrogens is 338 g/mol. The maximum atomic E-state index is 11.5. The van der Waals surface area contributed by atoms with E-state index in [1.807, 2.05) is 28.8 Å². The Hall–Kier alpha value is -2.22. The number of amides is 1. The summed E-state index contributed by atoms with van der Waals surface area (Å²) in [4.78, 5) is 13.7. The number of methoxy groups -OCH3 is 1. The van der Waals surface area contributed by atoms with Gasteiger partial charge in [-0.15, -0.1) is 10.2 Å². The van der Waals surface area contributed by atoms with E-state index in [1.54, 1.807) is 14.0 Å². The summed E-state index contributed by atoms with van der Waals surface area (Å²) in [5.41, 5.74) is 6.28. The van der Waals surface area contributed by atoms with E-state index >= 15 is 0 Å². The van der Waals surface area contributed by atoms with Crippen molar-refractivity contribution in [3.63, 3.8) is 0 Å². The van der Waals surface area contributed by atoms with Crippen molar-refractivity contribution in [1.82, 2.24) is 14.8 Å². The maximum absolute atomic E-state index is 11.5. The summed E-state index contributed by atoms with van der Waals surface area (Å²) in [5, 5.41) is 8.99. The molecule has 0 unspecified atom stereocenters. The Morgan fingerprint density at radius 3 is 2.64 bits per heavy atom. The number of aromatic nitrogens is 3. The monoisotopic (exact) mass is 361 g/mol. The minimum Gasteiger partial charge on any atom is -0.495 e. The van der Waals surface area contributed by atoms with Gasteiger partial charge in [-0.3, -0.25) is 9.36 Å². The van der Waals surface area contributed by atoms with Gasteiger partial charge in [-0.1, -0.05) is 23.9 Å². The van der Waals surface area contributed by atoms with Crippen LogP contribution in [0, 0.1) is 0 Å². The zero-order chi connectivity index (χ0) is 17.8. The fraction of sp³-hybridized carbons (Fsp3) is 0.471. The van der Waals surface area contributed by atoms with Gasteiger partial charge >= 0.3 is 0 Å². The first-order valence-corrected chi connectivity index (χ1v) is 9.29. The molecule has 1 aromatic heterocycles. The fourth-order valence-electron chi connectivity index (χ4n) is 2.88. The van der Waals surface area contributed by atoms with E-state index in [4.69, 9.17) is 10.5 Å². The number of piperidine rings is 1. The first-order valence-electron chi connectivity index (χ1n) is 8.41. The number of thioether (sulfide) groups is 1. The van der Waals surface area contributed by atoms with Gasteiger partial charge in [-0.05, 0) is 38.3 Å². The molecule has 1 atom stereocenters. The van der Waals surface area contributed by atoms with Crippen LogP contribution in [0.1, 0.15) is 26.2 Å². The van der Waals surface area contributed by atoms with Crippen LogP contribution in [0.4, 0.5) is 5.95 Å². The number of nitrogens with two attached hydrogens (primary N) is 1. The Bertz CT molecular complexity index is 742. The molecule has 3 rings (SSSR count). The van der Waals surface area contributed by atoms with Crippen LogP contribution in [0.2, 0.25) is 0 Å². The van der Waals surface area contributed by atoms with Crippen molar-refractivity contribution in [2.75, 3.05) is 25.1 Å². The zero-order valence-electron chi connectivity index (χ0n) is 14.5. The molecule has 0 saturated carbocycles. The summed E-state index contributed by atoms with van der Waals surface area (Å²) >= 11 is 1.31. The van der Waals surface area contributed by atoms with Gasteiger partial charge in [0.2, 0.25) is 11.9 Å². The molecule has 1 amide bonds. The number of para-hydroxylation sites is 2. The van der Waals surface area contributed by atoms with Crippen molar-refractivity contribution in [3.05, 3.63) is 24.3 Å². The van der Waals surface area contributed by atoms with Crippen LogP contribution in [0.5, 0.6) is 5.75 Å². The third-order valence-electron chi connectivity index (χ3n) is 4.26. The highest BCUT2D eigenvalue weighted by molar-refractivity contribution is 8.00. The zero-order valence-corrected chi connectivity index (χ0v) is 15.3. The van der Waals surface area contributed by atoms with Crippen molar-refractivity contribution in [3.8, 4) is 11.4 Å². The van der Waals surface area contributed by atoms with Gasteiger partial charge in [0.25, 0.3) is 0 Å². The molecule has 1 aromatic carbocycles. The van der Waals surface area contributed by atoms with Crippen LogP contribution in [-0.4, -0.2) is 46.1 Å². The number of hydrogen-bond donors (Lipinski definition) is 1. The van der Waals surface area contributed by atoms with Gasteiger partial charge in [-0.25, -0.2) is 0 Å². The lowest BCUT2D eigenvalue weighted by molar-refractivity contribution is -0.117. The third-order valence-corrected chi connectivity index (χ3v) is 5.33. The number of primary amides is 1. The molecule has 1 fully saturated rings. The molecule has 1 saturated heterocycles. The number of ether oxygens (including phenoxy) is 1. The quantitative estimate of drug-likeness (QED) is 0.794. The van der Waals surface area contributed by atoms with Crippen molar-refractivity contribution in [2.45, 2.75) is 36.6 Å². The second kappa shape index (κ2) is 7.77. The SMILES string of the molecule is COc1ccccc1-n1c(S[C@@H](C)C(N)=O)nnc1N1CCCCC1. The second-order valence-electron chi connectivity index (χ2n) is 6.00. The minimum absolute atomic E-state index is 0.376. The highest BCUT2D eigenvalue weighted by Crippen LogP contribution is 2.34. The summed E-state index contributed by atoms with van der Waals surface area (Å²) < 4.78 is 7.49. The van der Waals surface area contributed by atoms with Crippen LogP contribution in [-0.2, 0) is 4.79 Å². The Morgan fingerprint density at radius 2 is 1.96 bits per heavy atom. The number of benzene rings is 1. The van der Waals surface area contributed by atoms with Gasteiger partial charge in [0.15, 0.2) is 5.16 Å². The summed E-state index contributed by atoms with van der Waals surface area (Å²) in [7, 11) is 1.64. The number of rotatable bonds is 6. The highest BCUT2D eigenvalue weighted by Gasteiger charge is 2.25. The summed E-state index contributed by atoms with van der Waals surface area (Å²) in [6, 6.07) is 7.74. The van der Waals surface area contributed by atoms with Gasteiger partial charge in [0.05, 0.1) is 18.0 Å². The first kappa shape index (κ1) is 17.6. The molecule has 2 heterocycles. The third kappa shape index (κ3) is 3.73. The smallest absolute Gasteiger partial charge is 0.232 e. The highest BCUT2D eigenvalue weighted by atomic mass is 32.2. The van der Waals surface area contributed by atoms with E-state index in [2.05, 4.69) is 15.1 Å². The Labute approximate surface area is 151 Å². The van der Waals surface area contributed by atoms with Crippen LogP contribution in [0.15, 0.2) is 29.4 Å². The summed E-state index contributed by atoms with van der Waals surface area (Å²) in [5.74, 6) is 1.14. The summed E-state index contributed by atoms with van der Waals surface area (Å²) in [6.45, 7) is 3.67. The Morgan fingerprint density at radius 1 is 1.24 bits per heavy atom. The van der Waals surface area contributed by atoms with E-state index in [-0.39, 0.29) is 5.91 Å². The van der Waals surface area contributed by atoms with Gasteiger partial charge in [-0.2, -0.15) is 0 Å². The fourth-order valence-corrected chi connectivity index (χ4v) is 3.68. The van der Waals surface area contributed by atoms with Crippen molar-refractivity contribution in [1.29, 1.82) is 0 Å². The average molecular weight is 361 g/mol. The van der Waals surface area contributed by atoms with Crippen LogP contribution >= 0.6 is 11.8 Å². The topological polar surface area (TPSA) is 86.3 Å². The minimum atomic E-state index is -0.396. The normalized spacial score (nSPS) is 15.8. The average Bonchev–Trinajstić information content (AvgIpc) is 3.05. The second-order valence-corrected chi connectivity index (χ2v) is 7.31. The van der Waals surface area contributed by atoms with Crippen molar-refractivity contribution >= 4 is 23.6 Å². The molecular formula is C17H23N5O2S. The molecule has 0 radical (unpaired) electrons. The van der Waals surface area contributed by atoms with Gasteiger partial charge in [0, 0.05) is 13.1 Å². The largest absolute Gasteiger partial charge is 0.495 e. The van der Waals surface area contributed by atoms with Gasteiger partial charge < -0.3 is 15.4 Å². The predicted molar refractivity (Wildman–Crippen MR) is 98.5 cm³/mol. The Balaban J connectivity index is 2.07. The molecule has 0 aliphatic carbocycles. The van der Waals surface area contributed by atoms with Gasteiger partial charge in [0.1, 0.15) is 5.75 Å². The predicted octanol–water partition coefficient (Wildman–Crippen LogP) is 2.23. The molecule has 0 spiro atoms. The van der Waals surface area contributed by atoms with E-state index in [0.717, 1.165) is 43.3 Å². The number of carbonyl (C=O) groups is 1. The van der Waals surface area contributed by atoms with Crippen molar-refractivity contribution in [2.24, 2.45) is 5.73 Å². The number of nitrogens with zero attached hydrogens (tertiary/aromatic N) is 4. The van der Waals surface area contributed by atoms with Crippen molar-refractivity contribution < 1.29 is 9.53 Å². The molecule has 2 N–H and O–H groups in total. The molecule has 1 aliphatic rings. The van der Waals surface area contributed by atoms with Crippen LogP contribution in [0.25, 0.3) is 5.69 Å². The maximum Gasteiger partial charge on any atom is 0.232 e. The molecule has 2 aromatic rings. The molecule has 1 aliphatic heterocycles. The molecule has 25 heavy (non-hydrogen) atoms. The van der Waals surface area contributed by atoms with E-state index in [1.165, 1.54) is 18.2 Å². The lowest BCUT2D eigenvalue weighted by Gasteiger charge is -2.28. The summed E-state index contributed by atoms with van der Waals surface area (Å²) in [6.07, 6.45) is 3.51. The lowest BCUT2D eigenvalue weighted by atomic mass is 10.1. The van der Waals surface area contributed by atoms with E-state index < -0.39 is 5.25 Å². The molecule has 8 heteroatoms. The standard InChI is InChI=1S/C17H23N5O2S/c1-12(15(18)23)25-17-20-19-16(21-10-6-3-7-11-21)22(17)13-8-4-5-9-14(13)24-2/h4-5,8-9,12H,3,6-7,10-11H2,1-2H3,(H2,18,23)/t12-/m0/s1. The number of carbonyl (C=O) groups excluding carboxylic acids is 1. The van der Waals surface area contributed by atoms with E-state index in [0.29, 0.717) is 5.16 Å². The van der Waals surface area contributed by atoms with Crippen LogP contribution in [0.3, 0.4) is 0 Å². The van der Waals surface area contributed by atoms with E-state index in [9.17, 15) is 4.79 Å². The van der Waals surface area contributed by atoms with Crippen LogP contribution < -0.4 is 15.4 Å².